The van der Waals surface area contributed by atoms with Gasteiger partial charge in [0.2, 0.25) is 0 Å². The molecule has 2 heterocycles. The van der Waals surface area contributed by atoms with Crippen LogP contribution in [0.25, 0.3) is 0 Å². The number of thiazole rings is 1. The Hall–Kier alpha value is -2.15. The maximum atomic E-state index is 12.1. The van der Waals surface area contributed by atoms with Crippen molar-refractivity contribution < 1.29 is 19.1 Å². The number of carboxylic acid groups (broad SMARTS) is 1. The molecule has 21 heavy (non-hydrogen) atoms. The largest absolute Gasteiger partial charge is 0.481 e. The zero-order valence-corrected chi connectivity index (χ0v) is 12.4. The summed E-state index contributed by atoms with van der Waals surface area (Å²) in [5.74, 6) is -0.413. The van der Waals surface area contributed by atoms with Crippen molar-refractivity contribution in [2.75, 3.05) is 5.32 Å². The topological polar surface area (TPSA) is 92.4 Å². The number of carboxylic acids is 1. The van der Waals surface area contributed by atoms with Gasteiger partial charge in [-0.2, -0.15) is 0 Å². The summed E-state index contributed by atoms with van der Waals surface area (Å²) < 4.78 is 5.22. The van der Waals surface area contributed by atoms with E-state index in [1.807, 2.05) is 12.3 Å². The van der Waals surface area contributed by atoms with Crippen LogP contribution in [0.2, 0.25) is 0 Å². The zero-order chi connectivity index (χ0) is 15.2. The van der Waals surface area contributed by atoms with E-state index in [9.17, 15) is 9.59 Å². The highest BCUT2D eigenvalue weighted by Crippen LogP contribution is 2.19. The summed E-state index contributed by atoms with van der Waals surface area (Å²) >= 11 is 1.33. The van der Waals surface area contributed by atoms with Crippen LogP contribution in [-0.2, 0) is 17.6 Å². The summed E-state index contributed by atoms with van der Waals surface area (Å²) in [6.07, 6.45) is 3.38. The fraction of sp³-hybridized carbons (Fsp3) is 0.357. The molecule has 0 aliphatic heterocycles. The van der Waals surface area contributed by atoms with Gasteiger partial charge in [0, 0.05) is 18.2 Å². The molecule has 0 spiro atoms. The first-order chi connectivity index (χ1) is 10.1. The van der Waals surface area contributed by atoms with Gasteiger partial charge in [0.05, 0.1) is 17.5 Å². The van der Waals surface area contributed by atoms with E-state index in [0.717, 1.165) is 5.69 Å². The Morgan fingerprint density at radius 1 is 1.48 bits per heavy atom. The molecule has 112 valence electrons. The Morgan fingerprint density at radius 2 is 2.29 bits per heavy atom. The van der Waals surface area contributed by atoms with Crippen LogP contribution < -0.4 is 5.32 Å². The quantitative estimate of drug-likeness (QED) is 0.820. The van der Waals surface area contributed by atoms with Crippen LogP contribution in [0.4, 0.5) is 5.13 Å². The summed E-state index contributed by atoms with van der Waals surface area (Å²) in [6, 6.07) is 1.63. The van der Waals surface area contributed by atoms with E-state index < -0.39 is 5.97 Å². The molecule has 7 heteroatoms. The Bertz CT molecular complexity index is 632. The predicted octanol–water partition coefficient (Wildman–Crippen LogP) is 2.96. The minimum atomic E-state index is -0.814. The number of hydrogen-bond donors (Lipinski definition) is 2. The first-order valence-corrected chi connectivity index (χ1v) is 7.52. The van der Waals surface area contributed by atoms with Crippen molar-refractivity contribution in [3.63, 3.8) is 0 Å². The van der Waals surface area contributed by atoms with E-state index in [2.05, 4.69) is 10.3 Å². The normalized spacial score (nSPS) is 10.5. The highest BCUT2D eigenvalue weighted by atomic mass is 32.1. The first-order valence-electron chi connectivity index (χ1n) is 6.64. The smallest absolute Gasteiger partial charge is 0.303 e. The van der Waals surface area contributed by atoms with E-state index in [0.29, 0.717) is 35.7 Å². The van der Waals surface area contributed by atoms with Crippen LogP contribution in [0.15, 0.2) is 22.1 Å². The fourth-order valence-electron chi connectivity index (χ4n) is 1.88. The Balaban J connectivity index is 1.93. The van der Waals surface area contributed by atoms with Crippen molar-refractivity contribution in [2.45, 2.75) is 32.6 Å². The third-order valence-corrected chi connectivity index (χ3v) is 3.71. The lowest BCUT2D eigenvalue weighted by Gasteiger charge is -2.00. The van der Waals surface area contributed by atoms with Crippen LogP contribution >= 0.6 is 11.3 Å². The van der Waals surface area contributed by atoms with Gasteiger partial charge in [-0.3, -0.25) is 14.9 Å². The zero-order valence-electron chi connectivity index (χ0n) is 11.6. The molecular weight excluding hydrogens is 292 g/mol. The number of rotatable bonds is 7. The van der Waals surface area contributed by atoms with Crippen LogP contribution in [0, 0.1) is 0 Å². The molecule has 6 nitrogen and oxygen atoms in total. The number of aryl methyl sites for hydroxylation is 2. The molecule has 0 saturated heterocycles. The number of hydrogen-bond acceptors (Lipinski definition) is 5. The van der Waals surface area contributed by atoms with Crippen LogP contribution in [0.5, 0.6) is 0 Å². The molecule has 0 radical (unpaired) electrons. The van der Waals surface area contributed by atoms with Gasteiger partial charge in [0.25, 0.3) is 5.91 Å². The molecule has 0 unspecified atom stereocenters. The number of aromatic nitrogens is 1. The number of amides is 1. The highest BCUT2D eigenvalue weighted by molar-refractivity contribution is 7.13. The second-order valence-corrected chi connectivity index (χ2v) is 5.31. The Morgan fingerprint density at radius 3 is 3.00 bits per heavy atom. The average molecular weight is 308 g/mol. The van der Waals surface area contributed by atoms with Gasteiger partial charge in [0.15, 0.2) is 5.13 Å². The lowest BCUT2D eigenvalue weighted by atomic mass is 10.2. The molecular formula is C14H16N2O4S. The molecule has 0 saturated carbocycles. The summed E-state index contributed by atoms with van der Waals surface area (Å²) in [4.78, 5) is 26.8. The lowest BCUT2D eigenvalue weighted by molar-refractivity contribution is -0.137. The second-order valence-electron chi connectivity index (χ2n) is 4.46. The van der Waals surface area contributed by atoms with Crippen LogP contribution in [-0.4, -0.2) is 22.0 Å². The number of aliphatic carboxylic acids is 1. The van der Waals surface area contributed by atoms with E-state index in [4.69, 9.17) is 9.52 Å². The first kappa shape index (κ1) is 15.2. The van der Waals surface area contributed by atoms with Crippen molar-refractivity contribution in [3.05, 3.63) is 34.7 Å². The molecule has 2 aromatic rings. The van der Waals surface area contributed by atoms with Gasteiger partial charge >= 0.3 is 5.97 Å². The summed E-state index contributed by atoms with van der Waals surface area (Å²) in [6.45, 7) is 1.92. The SMILES string of the molecule is CCc1occc1C(=O)Nc1nc(CCCC(=O)O)cs1. The molecule has 0 bridgehead atoms. The average Bonchev–Trinajstić information content (AvgIpc) is 3.07. The lowest BCUT2D eigenvalue weighted by Crippen LogP contribution is -2.12. The van der Waals surface area contributed by atoms with Gasteiger partial charge in [-0.1, -0.05) is 6.92 Å². The van der Waals surface area contributed by atoms with Gasteiger partial charge in [-0.15, -0.1) is 11.3 Å². The maximum Gasteiger partial charge on any atom is 0.303 e. The van der Waals surface area contributed by atoms with E-state index in [1.165, 1.54) is 17.6 Å². The second kappa shape index (κ2) is 7.03. The third-order valence-electron chi connectivity index (χ3n) is 2.91. The van der Waals surface area contributed by atoms with Gasteiger partial charge < -0.3 is 9.52 Å². The van der Waals surface area contributed by atoms with E-state index in [-0.39, 0.29) is 12.3 Å². The molecule has 0 aromatic carbocycles. The highest BCUT2D eigenvalue weighted by Gasteiger charge is 2.15. The third kappa shape index (κ3) is 4.16. The van der Waals surface area contributed by atoms with Crippen molar-refractivity contribution in [1.29, 1.82) is 0 Å². The van der Waals surface area contributed by atoms with Crippen molar-refractivity contribution in [2.24, 2.45) is 0 Å². The molecule has 1 amide bonds. The standard InChI is InChI=1S/C14H16N2O4S/c1-2-11-10(6-7-20-11)13(19)16-14-15-9(8-21-14)4-3-5-12(17)18/h6-8H,2-5H2,1H3,(H,17,18)(H,15,16,19). The summed E-state index contributed by atoms with van der Waals surface area (Å²) in [5, 5.41) is 13.7. The van der Waals surface area contributed by atoms with Gasteiger partial charge in [-0.25, -0.2) is 4.98 Å². The molecule has 0 fully saturated rings. The van der Waals surface area contributed by atoms with Crippen LogP contribution in [0.1, 0.15) is 41.6 Å². The maximum absolute atomic E-state index is 12.1. The van der Waals surface area contributed by atoms with E-state index in [1.54, 1.807) is 6.07 Å². The van der Waals surface area contributed by atoms with Crippen molar-refractivity contribution in [1.82, 2.24) is 4.98 Å². The van der Waals surface area contributed by atoms with Crippen molar-refractivity contribution in [3.8, 4) is 0 Å². The minimum absolute atomic E-state index is 0.119. The monoisotopic (exact) mass is 308 g/mol. The number of carbonyl (C=O) groups is 2. The summed E-state index contributed by atoms with van der Waals surface area (Å²) in [7, 11) is 0. The Kier molecular flexibility index (Phi) is 5.10. The van der Waals surface area contributed by atoms with Gasteiger partial charge in [0.1, 0.15) is 5.76 Å². The molecule has 2 aromatic heterocycles. The predicted molar refractivity (Wildman–Crippen MR) is 78.7 cm³/mol. The van der Waals surface area contributed by atoms with Crippen molar-refractivity contribution >= 4 is 28.3 Å². The van der Waals surface area contributed by atoms with E-state index >= 15 is 0 Å². The fourth-order valence-corrected chi connectivity index (χ4v) is 2.62. The number of anilines is 1. The van der Waals surface area contributed by atoms with Crippen LogP contribution in [0.3, 0.4) is 0 Å². The molecule has 0 aliphatic carbocycles. The number of carbonyl (C=O) groups excluding carboxylic acids is 1. The summed E-state index contributed by atoms with van der Waals surface area (Å²) in [5.41, 5.74) is 1.31. The molecule has 2 rings (SSSR count). The van der Waals surface area contributed by atoms with Gasteiger partial charge in [-0.05, 0) is 18.9 Å². The molecule has 0 aliphatic rings. The number of nitrogens with one attached hydrogen (secondary N) is 1. The number of furan rings is 1. The minimum Gasteiger partial charge on any atom is -0.481 e. The number of nitrogens with zero attached hydrogens (tertiary/aromatic N) is 1. The molecule has 0 atom stereocenters. The molecule has 2 N–H and O–H groups in total. The Labute approximate surface area is 125 Å².